The smallest absolute Gasteiger partial charge is 0.272 e. The topological polar surface area (TPSA) is 124 Å². The number of carbonyl (C=O) groups is 3. The molecule has 1 unspecified atom stereocenters. The minimum absolute atomic E-state index is 0.0370. The molecule has 6 rings (SSSR count). The molecule has 0 saturated heterocycles. The Morgan fingerprint density at radius 1 is 0.944 bits per heavy atom. The van der Waals surface area contributed by atoms with E-state index in [1.165, 1.54) is 28.7 Å². The van der Waals surface area contributed by atoms with Crippen LogP contribution in [0.3, 0.4) is 0 Å². The van der Waals surface area contributed by atoms with Crippen LogP contribution in [0.4, 0.5) is 10.7 Å². The van der Waals surface area contributed by atoms with Crippen LogP contribution in [0.2, 0.25) is 0 Å². The van der Waals surface area contributed by atoms with Crippen LogP contribution in [0.15, 0.2) is 120 Å². The Bertz CT molecular complexity index is 2180. The lowest BCUT2D eigenvalue weighted by Gasteiger charge is -2.26. The number of para-hydroxylation sites is 1. The van der Waals surface area contributed by atoms with Crippen LogP contribution < -0.4 is 20.7 Å². The number of amides is 3. The molecule has 3 amide bonds. The van der Waals surface area contributed by atoms with Crippen molar-refractivity contribution in [1.29, 1.82) is 5.26 Å². The molecule has 1 aliphatic heterocycles. The molecule has 5 aromatic rings. The average Bonchev–Trinajstić information content (AvgIpc) is 3.54. The summed E-state index contributed by atoms with van der Waals surface area (Å²) in [5, 5.41) is 19.0. The fraction of sp³-hybridized carbons (Fsp3) is 0.209. The van der Waals surface area contributed by atoms with Crippen molar-refractivity contribution >= 4 is 57.6 Å². The Morgan fingerprint density at radius 3 is 2.43 bits per heavy atom. The molecular formula is C43H41N5O4S2. The molecule has 0 fully saturated rings. The standard InChI is InChI=1S/C43H41N5O4S2/c1-3-38(42(51)47-43-35(26-44)34-22-23-48(28-39(34)54-43)27-29-14-7-5-8-15-29)53-33-20-13-19-32(25-33)45-41(50)36(46-40(49)30-16-9-6-10-17-30)24-31-18-11-12-21-37(31)52-4-2/h5-21,24-25,38H,3-4,22-23,27-28H2,1-2H3,(H,45,50)(H,46,49)(H,47,51)/b36-24+. The molecule has 0 spiro atoms. The Balaban J connectivity index is 1.15. The molecule has 11 heteroatoms. The first kappa shape index (κ1) is 38.1. The highest BCUT2D eigenvalue weighted by Crippen LogP contribution is 2.38. The summed E-state index contributed by atoms with van der Waals surface area (Å²) in [5.41, 5.74) is 4.40. The van der Waals surface area contributed by atoms with E-state index in [1.807, 2.05) is 62.4 Å². The second-order valence-corrected chi connectivity index (χ2v) is 15.0. The minimum atomic E-state index is -0.523. The van der Waals surface area contributed by atoms with Crippen molar-refractivity contribution in [1.82, 2.24) is 10.2 Å². The van der Waals surface area contributed by atoms with E-state index < -0.39 is 17.1 Å². The van der Waals surface area contributed by atoms with Gasteiger partial charge in [-0.05, 0) is 73.4 Å². The van der Waals surface area contributed by atoms with Gasteiger partial charge in [-0.1, -0.05) is 79.7 Å². The molecule has 1 atom stereocenters. The van der Waals surface area contributed by atoms with Crippen LogP contribution in [-0.2, 0) is 29.1 Å². The number of benzene rings is 4. The fourth-order valence-corrected chi connectivity index (χ4v) is 8.41. The molecule has 3 N–H and O–H groups in total. The quantitative estimate of drug-likeness (QED) is 0.0768. The lowest BCUT2D eigenvalue weighted by atomic mass is 10.0. The SMILES string of the molecule is CCOc1ccccc1/C=C(/NC(=O)c1ccccc1)C(=O)Nc1cccc(SC(CC)C(=O)Nc2sc3c(c2C#N)CCN(Cc2ccccc2)C3)c1. The van der Waals surface area contributed by atoms with Crippen LogP contribution in [0.25, 0.3) is 6.08 Å². The van der Waals surface area contributed by atoms with E-state index in [0.717, 1.165) is 41.4 Å². The predicted molar refractivity (Wildman–Crippen MR) is 216 cm³/mol. The molecule has 0 bridgehead atoms. The molecule has 4 aromatic carbocycles. The van der Waals surface area contributed by atoms with Crippen molar-refractivity contribution in [3.8, 4) is 11.8 Å². The number of thiophene rings is 1. The fourth-order valence-electron chi connectivity index (χ4n) is 6.15. The van der Waals surface area contributed by atoms with Gasteiger partial charge >= 0.3 is 0 Å². The number of anilines is 2. The molecule has 9 nitrogen and oxygen atoms in total. The minimum Gasteiger partial charge on any atom is -0.493 e. The lowest BCUT2D eigenvalue weighted by molar-refractivity contribution is -0.116. The highest BCUT2D eigenvalue weighted by atomic mass is 32.2. The van der Waals surface area contributed by atoms with E-state index in [1.54, 1.807) is 54.6 Å². The summed E-state index contributed by atoms with van der Waals surface area (Å²) in [4.78, 5) is 44.9. The number of nitriles is 1. The molecule has 0 saturated carbocycles. The van der Waals surface area contributed by atoms with Gasteiger partial charge in [-0.3, -0.25) is 19.3 Å². The van der Waals surface area contributed by atoms with Gasteiger partial charge in [0.05, 0.1) is 17.4 Å². The van der Waals surface area contributed by atoms with Crippen molar-refractivity contribution in [3.05, 3.63) is 148 Å². The second kappa shape index (κ2) is 18.4. The highest BCUT2D eigenvalue weighted by molar-refractivity contribution is 8.00. The van der Waals surface area contributed by atoms with Gasteiger partial charge < -0.3 is 20.7 Å². The third-order valence-electron chi connectivity index (χ3n) is 8.81. The van der Waals surface area contributed by atoms with Gasteiger partial charge in [0.25, 0.3) is 11.8 Å². The summed E-state index contributed by atoms with van der Waals surface area (Å²) >= 11 is 2.87. The number of rotatable bonds is 14. The number of nitrogens with zero attached hydrogens (tertiary/aromatic N) is 2. The number of thioether (sulfide) groups is 1. The van der Waals surface area contributed by atoms with Gasteiger partial charge in [0, 0.05) is 46.2 Å². The Labute approximate surface area is 324 Å². The maximum absolute atomic E-state index is 13.8. The van der Waals surface area contributed by atoms with Crippen molar-refractivity contribution in [3.63, 3.8) is 0 Å². The number of nitrogens with one attached hydrogen (secondary N) is 3. The Kier molecular flexibility index (Phi) is 13.0. The van der Waals surface area contributed by atoms with E-state index >= 15 is 0 Å². The third-order valence-corrected chi connectivity index (χ3v) is 11.3. The Hall–Kier alpha value is -5.67. The lowest BCUT2D eigenvalue weighted by Crippen LogP contribution is -2.30. The summed E-state index contributed by atoms with van der Waals surface area (Å²) < 4.78 is 5.76. The highest BCUT2D eigenvalue weighted by Gasteiger charge is 2.27. The molecule has 0 radical (unpaired) electrons. The van der Waals surface area contributed by atoms with Crippen molar-refractivity contribution in [2.45, 2.75) is 49.9 Å². The maximum Gasteiger partial charge on any atom is 0.272 e. The zero-order valence-electron chi connectivity index (χ0n) is 30.1. The van der Waals surface area contributed by atoms with Crippen LogP contribution in [0, 0.1) is 11.3 Å². The Morgan fingerprint density at radius 2 is 1.69 bits per heavy atom. The van der Waals surface area contributed by atoms with E-state index in [4.69, 9.17) is 4.74 Å². The number of fused-ring (bicyclic) bond motifs is 1. The van der Waals surface area contributed by atoms with Gasteiger partial charge in [-0.15, -0.1) is 23.1 Å². The first-order valence-corrected chi connectivity index (χ1v) is 19.5. The number of hydrogen-bond donors (Lipinski definition) is 3. The molecular weight excluding hydrogens is 715 g/mol. The van der Waals surface area contributed by atoms with Gasteiger partial charge in [-0.25, -0.2) is 0 Å². The maximum atomic E-state index is 13.8. The predicted octanol–water partition coefficient (Wildman–Crippen LogP) is 8.50. The first-order valence-electron chi connectivity index (χ1n) is 17.8. The van der Waals surface area contributed by atoms with Crippen molar-refractivity contribution < 1.29 is 19.1 Å². The van der Waals surface area contributed by atoms with E-state index in [-0.39, 0.29) is 11.6 Å². The molecule has 2 heterocycles. The molecule has 0 aliphatic carbocycles. The van der Waals surface area contributed by atoms with Gasteiger partial charge in [-0.2, -0.15) is 5.26 Å². The number of hydrogen-bond acceptors (Lipinski definition) is 8. The van der Waals surface area contributed by atoms with Crippen LogP contribution >= 0.6 is 23.1 Å². The van der Waals surface area contributed by atoms with E-state index in [9.17, 15) is 19.6 Å². The van der Waals surface area contributed by atoms with Crippen molar-refractivity contribution in [2.24, 2.45) is 0 Å². The summed E-state index contributed by atoms with van der Waals surface area (Å²) in [7, 11) is 0. The summed E-state index contributed by atoms with van der Waals surface area (Å²) in [5.74, 6) is -0.556. The van der Waals surface area contributed by atoms with Crippen molar-refractivity contribution in [2.75, 3.05) is 23.8 Å². The summed E-state index contributed by atoms with van der Waals surface area (Å²) in [6, 6.07) is 35.9. The summed E-state index contributed by atoms with van der Waals surface area (Å²) in [6.45, 7) is 6.67. The van der Waals surface area contributed by atoms with Crippen LogP contribution in [0.5, 0.6) is 5.75 Å². The first-order chi connectivity index (χ1) is 26.3. The van der Waals surface area contributed by atoms with E-state index in [2.05, 4.69) is 39.1 Å². The monoisotopic (exact) mass is 755 g/mol. The second-order valence-electron chi connectivity index (χ2n) is 12.6. The molecule has 54 heavy (non-hydrogen) atoms. The largest absolute Gasteiger partial charge is 0.493 e. The average molecular weight is 756 g/mol. The van der Waals surface area contributed by atoms with Crippen LogP contribution in [0.1, 0.15) is 57.8 Å². The van der Waals surface area contributed by atoms with Gasteiger partial charge in [0.2, 0.25) is 5.91 Å². The normalized spacial score (nSPS) is 13.2. The zero-order chi connectivity index (χ0) is 37.9. The van der Waals surface area contributed by atoms with Crippen LogP contribution in [-0.4, -0.2) is 41.0 Å². The number of ether oxygens (including phenoxy) is 1. The molecule has 274 valence electrons. The van der Waals surface area contributed by atoms with Gasteiger partial charge in [0.1, 0.15) is 22.5 Å². The van der Waals surface area contributed by atoms with E-state index in [0.29, 0.717) is 46.2 Å². The molecule has 1 aromatic heterocycles. The number of carbonyl (C=O) groups excluding carboxylic acids is 3. The van der Waals surface area contributed by atoms with Gasteiger partial charge in [0.15, 0.2) is 0 Å². The third kappa shape index (κ3) is 9.65. The summed E-state index contributed by atoms with van der Waals surface area (Å²) in [6.07, 6.45) is 2.90. The molecule has 1 aliphatic rings. The zero-order valence-corrected chi connectivity index (χ0v) is 31.8.